The largest absolute Gasteiger partial charge is 0.573 e. The summed E-state index contributed by atoms with van der Waals surface area (Å²) in [5.41, 5.74) is 0.575. The number of halogens is 3. The summed E-state index contributed by atoms with van der Waals surface area (Å²) >= 11 is 0. The van der Waals surface area contributed by atoms with Crippen molar-refractivity contribution in [2.24, 2.45) is 4.99 Å². The highest BCUT2D eigenvalue weighted by Gasteiger charge is 2.30. The molecular formula is C11H13F3N2O. The van der Waals surface area contributed by atoms with Crippen molar-refractivity contribution in [3.63, 3.8) is 0 Å². The molecule has 0 heterocycles. The van der Waals surface area contributed by atoms with E-state index in [4.69, 9.17) is 0 Å². The first-order valence-corrected chi connectivity index (χ1v) is 4.86. The Bertz CT molecular complexity index is 396. The molecule has 6 heteroatoms. The van der Waals surface area contributed by atoms with Gasteiger partial charge in [-0.3, -0.25) is 0 Å². The van der Waals surface area contributed by atoms with Crippen molar-refractivity contribution >= 4 is 11.5 Å². The van der Waals surface area contributed by atoms with Crippen molar-refractivity contribution in [2.45, 2.75) is 13.3 Å². The van der Waals surface area contributed by atoms with Gasteiger partial charge in [-0.2, -0.15) is 0 Å². The van der Waals surface area contributed by atoms with Gasteiger partial charge in [-0.05, 0) is 31.2 Å². The molecule has 0 aliphatic carbocycles. The Kier molecular flexibility index (Phi) is 3.98. The van der Waals surface area contributed by atoms with Crippen LogP contribution in [0.2, 0.25) is 0 Å². The fourth-order valence-corrected chi connectivity index (χ4v) is 1.01. The molecular weight excluding hydrogens is 233 g/mol. The molecule has 94 valence electrons. The highest BCUT2D eigenvalue weighted by atomic mass is 19.4. The minimum atomic E-state index is -4.66. The van der Waals surface area contributed by atoms with E-state index >= 15 is 0 Å². The molecule has 0 saturated heterocycles. The molecule has 1 aromatic rings. The second-order valence-corrected chi connectivity index (χ2v) is 3.60. The molecule has 1 rings (SSSR count). The third kappa shape index (κ3) is 4.76. The molecule has 0 spiro atoms. The number of rotatable bonds is 2. The summed E-state index contributed by atoms with van der Waals surface area (Å²) < 4.78 is 39.5. The minimum Gasteiger partial charge on any atom is -0.406 e. The van der Waals surface area contributed by atoms with Crippen molar-refractivity contribution in [1.29, 1.82) is 0 Å². The van der Waals surface area contributed by atoms with Gasteiger partial charge in [-0.25, -0.2) is 4.99 Å². The van der Waals surface area contributed by atoms with Gasteiger partial charge >= 0.3 is 6.36 Å². The smallest absolute Gasteiger partial charge is 0.406 e. The Morgan fingerprint density at radius 2 is 1.71 bits per heavy atom. The first-order chi connectivity index (χ1) is 7.78. The normalized spacial score (nSPS) is 12.5. The first-order valence-electron chi connectivity index (χ1n) is 4.86. The second kappa shape index (κ2) is 5.07. The molecule has 0 unspecified atom stereocenters. The summed E-state index contributed by atoms with van der Waals surface area (Å²) in [5, 5.41) is 0. The van der Waals surface area contributed by atoms with Crippen LogP contribution in [0.3, 0.4) is 0 Å². The summed E-state index contributed by atoms with van der Waals surface area (Å²) in [7, 11) is 3.67. The maximum Gasteiger partial charge on any atom is 0.573 e. The fourth-order valence-electron chi connectivity index (χ4n) is 1.01. The number of aliphatic imine (C=N–C) groups is 1. The number of ether oxygens (including phenoxy) is 1. The molecule has 1 aromatic carbocycles. The van der Waals surface area contributed by atoms with Crippen molar-refractivity contribution in [1.82, 2.24) is 4.90 Å². The van der Waals surface area contributed by atoms with Crippen LogP contribution in [-0.4, -0.2) is 31.2 Å². The van der Waals surface area contributed by atoms with E-state index in [2.05, 4.69) is 9.73 Å². The molecule has 0 atom stereocenters. The van der Waals surface area contributed by atoms with Crippen molar-refractivity contribution in [3.05, 3.63) is 24.3 Å². The van der Waals surface area contributed by atoms with Gasteiger partial charge in [-0.1, -0.05) is 0 Å². The summed E-state index contributed by atoms with van der Waals surface area (Å²) in [5.74, 6) is 0.508. The van der Waals surface area contributed by atoms with Crippen LogP contribution in [0.4, 0.5) is 18.9 Å². The van der Waals surface area contributed by atoms with Crippen LogP contribution in [0.15, 0.2) is 29.3 Å². The first kappa shape index (κ1) is 13.3. The number of alkyl halides is 3. The molecule has 0 N–H and O–H groups in total. The van der Waals surface area contributed by atoms with Crippen LogP contribution in [-0.2, 0) is 0 Å². The highest BCUT2D eigenvalue weighted by Crippen LogP contribution is 2.24. The zero-order valence-electron chi connectivity index (χ0n) is 9.75. The maximum atomic E-state index is 11.9. The van der Waals surface area contributed by atoms with Gasteiger partial charge in [0, 0.05) is 14.1 Å². The minimum absolute atomic E-state index is 0.251. The van der Waals surface area contributed by atoms with Crippen LogP contribution in [0.25, 0.3) is 0 Å². The molecule has 0 saturated carbocycles. The molecule has 0 aliphatic heterocycles. The number of hydrogen-bond donors (Lipinski definition) is 0. The van der Waals surface area contributed by atoms with E-state index in [1.54, 1.807) is 11.8 Å². The van der Waals surface area contributed by atoms with E-state index in [-0.39, 0.29) is 5.75 Å². The third-order valence-electron chi connectivity index (χ3n) is 2.01. The Hall–Kier alpha value is -1.72. The number of nitrogens with zero attached hydrogens (tertiary/aromatic N) is 2. The molecule has 0 radical (unpaired) electrons. The quantitative estimate of drug-likeness (QED) is 0.591. The fraction of sp³-hybridized carbons (Fsp3) is 0.364. The highest BCUT2D eigenvalue weighted by molar-refractivity contribution is 5.82. The van der Waals surface area contributed by atoms with Gasteiger partial charge < -0.3 is 9.64 Å². The molecule has 17 heavy (non-hydrogen) atoms. The molecule has 0 aromatic heterocycles. The van der Waals surface area contributed by atoms with Gasteiger partial charge in [0.2, 0.25) is 0 Å². The van der Waals surface area contributed by atoms with E-state index in [1.807, 2.05) is 14.1 Å². The van der Waals surface area contributed by atoms with Crippen LogP contribution in [0.1, 0.15) is 6.92 Å². The average molecular weight is 246 g/mol. The number of hydrogen-bond acceptors (Lipinski definition) is 2. The third-order valence-corrected chi connectivity index (χ3v) is 2.01. The van der Waals surface area contributed by atoms with E-state index in [0.29, 0.717) is 5.69 Å². The lowest BCUT2D eigenvalue weighted by Crippen LogP contribution is -2.18. The standard InChI is InChI=1S/C11H13F3N2O/c1-8(16(2)3)15-9-4-6-10(7-5-9)17-11(12,13)14/h4-7H,1-3H3. The molecule has 3 nitrogen and oxygen atoms in total. The predicted molar refractivity (Wildman–Crippen MR) is 59.6 cm³/mol. The monoisotopic (exact) mass is 246 g/mol. The van der Waals surface area contributed by atoms with E-state index < -0.39 is 6.36 Å². The second-order valence-electron chi connectivity index (χ2n) is 3.60. The topological polar surface area (TPSA) is 24.8 Å². The summed E-state index contributed by atoms with van der Waals surface area (Å²) in [6, 6.07) is 5.40. The van der Waals surface area contributed by atoms with Gasteiger partial charge in [0.25, 0.3) is 0 Å². The van der Waals surface area contributed by atoms with Crippen molar-refractivity contribution in [3.8, 4) is 5.75 Å². The molecule has 0 bridgehead atoms. The van der Waals surface area contributed by atoms with Gasteiger partial charge in [-0.15, -0.1) is 13.2 Å². The summed E-state index contributed by atoms with van der Waals surface area (Å²) in [6.45, 7) is 1.81. The SMILES string of the molecule is CC(=Nc1ccc(OC(F)(F)F)cc1)N(C)C. The molecule has 0 aliphatic rings. The van der Waals surface area contributed by atoms with Crippen molar-refractivity contribution in [2.75, 3.05) is 14.1 Å². The lowest BCUT2D eigenvalue weighted by molar-refractivity contribution is -0.274. The maximum absolute atomic E-state index is 11.9. The van der Waals surface area contributed by atoms with Crippen LogP contribution >= 0.6 is 0 Å². The number of amidine groups is 1. The van der Waals surface area contributed by atoms with Crippen LogP contribution in [0.5, 0.6) is 5.75 Å². The van der Waals surface area contributed by atoms with Crippen LogP contribution < -0.4 is 4.74 Å². The lowest BCUT2D eigenvalue weighted by Gasteiger charge is -2.11. The van der Waals surface area contributed by atoms with Crippen LogP contribution in [0, 0.1) is 0 Å². The molecule has 0 fully saturated rings. The average Bonchev–Trinajstić information content (AvgIpc) is 2.18. The summed E-state index contributed by atoms with van der Waals surface area (Å²) in [4.78, 5) is 6.01. The van der Waals surface area contributed by atoms with E-state index in [0.717, 1.165) is 5.84 Å². The Morgan fingerprint density at radius 3 is 2.12 bits per heavy atom. The molecule has 0 amide bonds. The zero-order valence-corrected chi connectivity index (χ0v) is 9.75. The van der Waals surface area contributed by atoms with Crippen molar-refractivity contribution < 1.29 is 17.9 Å². The van der Waals surface area contributed by atoms with E-state index in [1.165, 1.54) is 24.3 Å². The predicted octanol–water partition coefficient (Wildman–Crippen LogP) is 3.20. The zero-order chi connectivity index (χ0) is 13.1. The van der Waals surface area contributed by atoms with E-state index in [9.17, 15) is 13.2 Å². The Balaban J connectivity index is 2.79. The number of benzene rings is 1. The van der Waals surface area contributed by atoms with Gasteiger partial charge in [0.15, 0.2) is 0 Å². The van der Waals surface area contributed by atoms with Gasteiger partial charge in [0.1, 0.15) is 11.6 Å². The Labute approximate surface area is 97.5 Å². The Morgan fingerprint density at radius 1 is 1.18 bits per heavy atom. The summed E-state index contributed by atoms with van der Waals surface area (Å²) in [6.07, 6.45) is -4.66. The lowest BCUT2D eigenvalue weighted by atomic mass is 10.3. The van der Waals surface area contributed by atoms with Gasteiger partial charge in [0.05, 0.1) is 5.69 Å².